The van der Waals surface area contributed by atoms with E-state index >= 15 is 0 Å². The first-order valence-electron chi connectivity index (χ1n) is 9.02. The number of piperidine rings is 1. The molecule has 1 aliphatic heterocycles. The van der Waals surface area contributed by atoms with Gasteiger partial charge in [-0.05, 0) is 37.3 Å². The maximum absolute atomic E-state index is 12.8. The van der Waals surface area contributed by atoms with E-state index in [2.05, 4.69) is 15.4 Å². The van der Waals surface area contributed by atoms with Crippen molar-refractivity contribution in [1.29, 1.82) is 0 Å². The molecule has 0 bridgehead atoms. The van der Waals surface area contributed by atoms with E-state index in [0.717, 1.165) is 18.4 Å². The maximum Gasteiger partial charge on any atom is 0.246 e. The second kappa shape index (κ2) is 8.18. The Bertz CT molecular complexity index is 887. The normalized spacial score (nSPS) is 16.4. The van der Waals surface area contributed by atoms with E-state index in [1.165, 1.54) is 8.99 Å². The van der Waals surface area contributed by atoms with Gasteiger partial charge in [0.2, 0.25) is 15.9 Å². The van der Waals surface area contributed by atoms with Crippen molar-refractivity contribution in [3.63, 3.8) is 0 Å². The minimum absolute atomic E-state index is 0.0379. The van der Waals surface area contributed by atoms with Gasteiger partial charge in [0.05, 0.1) is 12.1 Å². The van der Waals surface area contributed by atoms with Gasteiger partial charge in [0.15, 0.2) is 0 Å². The number of amides is 1. The minimum atomic E-state index is -3.51. The molecule has 1 aliphatic rings. The third kappa shape index (κ3) is 4.72. The average Bonchev–Trinajstić information content (AvgIpc) is 3.00. The van der Waals surface area contributed by atoms with Crippen molar-refractivity contribution in [2.75, 3.05) is 19.6 Å². The van der Waals surface area contributed by atoms with Crippen LogP contribution >= 0.6 is 0 Å². The van der Waals surface area contributed by atoms with Crippen molar-refractivity contribution < 1.29 is 13.2 Å². The van der Waals surface area contributed by atoms with Crippen molar-refractivity contribution in [3.05, 3.63) is 42.0 Å². The van der Waals surface area contributed by atoms with Crippen molar-refractivity contribution in [2.45, 2.75) is 31.1 Å². The van der Waals surface area contributed by atoms with Gasteiger partial charge in [-0.1, -0.05) is 6.07 Å². The molecule has 0 unspecified atom stereocenters. The van der Waals surface area contributed by atoms with E-state index in [0.29, 0.717) is 31.7 Å². The molecule has 0 aliphatic carbocycles. The van der Waals surface area contributed by atoms with E-state index in [-0.39, 0.29) is 16.7 Å². The zero-order valence-electron chi connectivity index (χ0n) is 15.6. The van der Waals surface area contributed by atoms with E-state index in [1.807, 2.05) is 12.1 Å². The van der Waals surface area contributed by atoms with E-state index in [1.54, 1.807) is 32.6 Å². The Hall–Kier alpha value is -2.26. The Kier molecular flexibility index (Phi) is 5.91. The zero-order chi connectivity index (χ0) is 19.4. The number of aromatic nitrogens is 3. The molecular formula is C18H25N5O3S. The lowest BCUT2D eigenvalue weighted by atomic mass is 9.98. The Morgan fingerprint density at radius 1 is 1.33 bits per heavy atom. The van der Waals surface area contributed by atoms with Crippen LogP contribution in [0.4, 0.5) is 0 Å². The van der Waals surface area contributed by atoms with Gasteiger partial charge in [-0.15, -0.1) is 0 Å². The van der Waals surface area contributed by atoms with Gasteiger partial charge >= 0.3 is 0 Å². The summed E-state index contributed by atoms with van der Waals surface area (Å²) in [6, 6.07) is 3.68. The summed E-state index contributed by atoms with van der Waals surface area (Å²) in [5.41, 5.74) is 1.39. The number of nitrogens with zero attached hydrogens (tertiary/aromatic N) is 4. The SMILES string of the molecule is Cc1nn(C)cc1S(=O)(=O)N1CCC(CNC(=O)Cc2cccnc2)CC1. The molecule has 146 valence electrons. The highest BCUT2D eigenvalue weighted by Gasteiger charge is 2.31. The first-order chi connectivity index (χ1) is 12.9. The molecule has 0 aromatic carbocycles. The molecule has 0 radical (unpaired) electrons. The summed E-state index contributed by atoms with van der Waals surface area (Å²) < 4.78 is 28.6. The van der Waals surface area contributed by atoms with Crippen LogP contribution in [0, 0.1) is 12.8 Å². The summed E-state index contributed by atoms with van der Waals surface area (Å²) >= 11 is 0. The summed E-state index contributed by atoms with van der Waals surface area (Å²) in [7, 11) is -1.80. The molecule has 27 heavy (non-hydrogen) atoms. The molecule has 9 heteroatoms. The van der Waals surface area contributed by atoms with Gasteiger partial charge in [0.25, 0.3) is 0 Å². The number of nitrogens with one attached hydrogen (secondary N) is 1. The number of carbonyl (C=O) groups excluding carboxylic acids is 1. The highest BCUT2D eigenvalue weighted by atomic mass is 32.2. The van der Waals surface area contributed by atoms with Crippen LogP contribution in [0.1, 0.15) is 24.1 Å². The Labute approximate surface area is 159 Å². The van der Waals surface area contributed by atoms with Crippen LogP contribution in [0.3, 0.4) is 0 Å². The van der Waals surface area contributed by atoms with E-state index in [4.69, 9.17) is 0 Å². The van der Waals surface area contributed by atoms with Crippen molar-refractivity contribution in [1.82, 2.24) is 24.4 Å². The topological polar surface area (TPSA) is 97.2 Å². The number of carbonyl (C=O) groups is 1. The molecule has 8 nitrogen and oxygen atoms in total. The number of sulfonamides is 1. The summed E-state index contributed by atoms with van der Waals surface area (Å²) in [4.78, 5) is 16.3. The van der Waals surface area contributed by atoms with Crippen LogP contribution in [0.15, 0.2) is 35.6 Å². The summed E-state index contributed by atoms with van der Waals surface area (Å²) in [5, 5.41) is 7.08. The maximum atomic E-state index is 12.8. The van der Waals surface area contributed by atoms with Crippen LogP contribution in [-0.2, 0) is 28.3 Å². The van der Waals surface area contributed by atoms with Crippen LogP contribution < -0.4 is 5.32 Å². The fraction of sp³-hybridized carbons (Fsp3) is 0.500. The second-order valence-corrected chi connectivity index (χ2v) is 8.85. The van der Waals surface area contributed by atoms with Gasteiger partial charge in [-0.3, -0.25) is 14.5 Å². The van der Waals surface area contributed by atoms with Crippen molar-refractivity contribution in [3.8, 4) is 0 Å². The van der Waals surface area contributed by atoms with E-state index in [9.17, 15) is 13.2 Å². The standard InChI is InChI=1S/C18H25N5O3S/c1-14-17(13-22(2)21-14)27(25,26)23-8-5-15(6-9-23)12-20-18(24)10-16-4-3-7-19-11-16/h3-4,7,11,13,15H,5-6,8-10,12H2,1-2H3,(H,20,24). The lowest BCUT2D eigenvalue weighted by Gasteiger charge is -2.31. The predicted molar refractivity (Wildman–Crippen MR) is 100 cm³/mol. The number of pyridine rings is 1. The molecule has 3 rings (SSSR count). The molecule has 2 aromatic rings. The van der Waals surface area contributed by atoms with Gasteiger partial charge < -0.3 is 5.32 Å². The van der Waals surface area contributed by atoms with Gasteiger partial charge in [-0.2, -0.15) is 9.40 Å². The molecule has 0 saturated carbocycles. The number of hydrogen-bond acceptors (Lipinski definition) is 5. The zero-order valence-corrected chi connectivity index (χ0v) is 16.4. The second-order valence-electron chi connectivity index (χ2n) is 6.94. The molecule has 3 heterocycles. The Morgan fingerprint density at radius 3 is 2.67 bits per heavy atom. The van der Waals surface area contributed by atoms with Crippen LogP contribution in [0.5, 0.6) is 0 Å². The van der Waals surface area contributed by atoms with Gasteiger partial charge in [-0.25, -0.2) is 8.42 Å². The largest absolute Gasteiger partial charge is 0.356 e. The molecule has 1 amide bonds. The fourth-order valence-electron chi connectivity index (χ4n) is 3.33. The Balaban J connectivity index is 1.49. The smallest absolute Gasteiger partial charge is 0.246 e. The molecule has 1 fully saturated rings. The first-order valence-corrected chi connectivity index (χ1v) is 10.5. The minimum Gasteiger partial charge on any atom is -0.356 e. The van der Waals surface area contributed by atoms with Crippen LogP contribution in [-0.4, -0.2) is 53.0 Å². The quantitative estimate of drug-likeness (QED) is 0.789. The number of rotatable bonds is 6. The Morgan fingerprint density at radius 2 is 2.07 bits per heavy atom. The van der Waals surface area contributed by atoms with Gasteiger partial charge in [0.1, 0.15) is 4.90 Å². The molecule has 1 N–H and O–H groups in total. The molecular weight excluding hydrogens is 366 g/mol. The molecule has 0 spiro atoms. The first kappa shape index (κ1) is 19.5. The summed E-state index contributed by atoms with van der Waals surface area (Å²) in [6.45, 7) is 3.19. The average molecular weight is 391 g/mol. The van der Waals surface area contributed by atoms with Crippen molar-refractivity contribution >= 4 is 15.9 Å². The number of aryl methyl sites for hydroxylation is 2. The fourth-order valence-corrected chi connectivity index (χ4v) is 5.00. The lowest BCUT2D eigenvalue weighted by molar-refractivity contribution is -0.120. The monoisotopic (exact) mass is 391 g/mol. The summed E-state index contributed by atoms with van der Waals surface area (Å²) in [6.07, 6.45) is 6.67. The highest BCUT2D eigenvalue weighted by molar-refractivity contribution is 7.89. The molecule has 1 saturated heterocycles. The lowest BCUT2D eigenvalue weighted by Crippen LogP contribution is -2.41. The number of hydrogen-bond donors (Lipinski definition) is 1. The third-order valence-electron chi connectivity index (χ3n) is 4.84. The van der Waals surface area contributed by atoms with Crippen LogP contribution in [0.25, 0.3) is 0 Å². The van der Waals surface area contributed by atoms with Gasteiger partial charge in [0, 0.05) is 45.3 Å². The predicted octanol–water partition coefficient (Wildman–Crippen LogP) is 0.883. The molecule has 2 aromatic heterocycles. The van der Waals surface area contributed by atoms with E-state index < -0.39 is 10.0 Å². The summed E-state index contributed by atoms with van der Waals surface area (Å²) in [5.74, 6) is 0.244. The molecule has 0 atom stereocenters. The van der Waals surface area contributed by atoms with Crippen molar-refractivity contribution in [2.24, 2.45) is 13.0 Å². The van der Waals surface area contributed by atoms with Crippen LogP contribution in [0.2, 0.25) is 0 Å². The third-order valence-corrected chi connectivity index (χ3v) is 6.84. The highest BCUT2D eigenvalue weighted by Crippen LogP contribution is 2.24.